The lowest BCUT2D eigenvalue weighted by atomic mass is 10.0. The summed E-state index contributed by atoms with van der Waals surface area (Å²) in [4.78, 5) is 23.0. The molecule has 0 saturated carbocycles. The van der Waals surface area contributed by atoms with Crippen LogP contribution in [-0.4, -0.2) is 30.9 Å². The Morgan fingerprint density at radius 1 is 1.14 bits per heavy atom. The van der Waals surface area contributed by atoms with E-state index in [-0.39, 0.29) is 5.91 Å². The monoisotopic (exact) mass is 378 g/mol. The van der Waals surface area contributed by atoms with E-state index in [0.717, 1.165) is 41.5 Å². The average Bonchev–Trinajstić information content (AvgIpc) is 2.77. The minimum absolute atomic E-state index is 0.317. The van der Waals surface area contributed by atoms with Gasteiger partial charge in [0, 0.05) is 24.0 Å². The summed E-state index contributed by atoms with van der Waals surface area (Å²) in [5.41, 5.74) is 5.41. The Hall–Kier alpha value is -2.96. The van der Waals surface area contributed by atoms with Crippen molar-refractivity contribution in [3.63, 3.8) is 0 Å². The Balaban J connectivity index is 1.64. The number of hydroxylamine groups is 1. The molecule has 0 radical (unpaired) electrons. The highest BCUT2D eigenvalue weighted by molar-refractivity contribution is 6.06. The van der Waals surface area contributed by atoms with Crippen molar-refractivity contribution in [1.29, 1.82) is 0 Å². The maximum atomic E-state index is 12.8. The third kappa shape index (κ3) is 3.98. The molecule has 3 aromatic rings. The van der Waals surface area contributed by atoms with Gasteiger partial charge >= 0.3 is 0 Å². The first kappa shape index (κ1) is 18.4. The van der Waals surface area contributed by atoms with Crippen molar-refractivity contribution >= 4 is 16.8 Å². The minimum Gasteiger partial charge on any atom is -0.497 e. The number of carbonyl (C=O) groups is 1. The second-order valence-electron chi connectivity index (χ2n) is 6.65. The Kier molecular flexibility index (Phi) is 5.50. The Morgan fingerprint density at radius 3 is 2.71 bits per heavy atom. The predicted molar refractivity (Wildman–Crippen MR) is 106 cm³/mol. The number of carbonyl (C=O) groups excluding carboxylic acids is 1. The topological polar surface area (TPSA) is 69.7 Å². The van der Waals surface area contributed by atoms with Crippen LogP contribution in [0.1, 0.15) is 29.6 Å². The van der Waals surface area contributed by atoms with Crippen molar-refractivity contribution in [2.75, 3.05) is 13.7 Å². The second kappa shape index (κ2) is 8.37. The van der Waals surface area contributed by atoms with Crippen LogP contribution in [0.5, 0.6) is 5.75 Å². The number of amides is 1. The maximum absolute atomic E-state index is 12.8. The first-order chi connectivity index (χ1) is 13.7. The van der Waals surface area contributed by atoms with E-state index in [1.165, 1.54) is 0 Å². The fourth-order valence-electron chi connectivity index (χ4n) is 3.25. The summed E-state index contributed by atoms with van der Waals surface area (Å²) in [6.07, 6.45) is 2.43. The van der Waals surface area contributed by atoms with E-state index in [1.54, 1.807) is 13.2 Å². The lowest BCUT2D eigenvalue weighted by Gasteiger charge is -2.22. The van der Waals surface area contributed by atoms with Gasteiger partial charge in [0.05, 0.1) is 23.9 Å². The van der Waals surface area contributed by atoms with Gasteiger partial charge in [0.25, 0.3) is 5.91 Å². The molecule has 28 heavy (non-hydrogen) atoms. The molecule has 1 N–H and O–H groups in total. The van der Waals surface area contributed by atoms with E-state index in [9.17, 15) is 4.79 Å². The third-order valence-corrected chi connectivity index (χ3v) is 4.77. The fourth-order valence-corrected chi connectivity index (χ4v) is 3.25. The number of pyridine rings is 1. The van der Waals surface area contributed by atoms with E-state index in [4.69, 9.17) is 19.3 Å². The van der Waals surface area contributed by atoms with Crippen LogP contribution in [0.4, 0.5) is 0 Å². The Morgan fingerprint density at radius 2 is 1.96 bits per heavy atom. The highest BCUT2D eigenvalue weighted by atomic mass is 16.8. The largest absolute Gasteiger partial charge is 0.497 e. The number of ether oxygens (including phenoxy) is 2. The first-order valence-corrected chi connectivity index (χ1v) is 9.36. The van der Waals surface area contributed by atoms with Gasteiger partial charge in [0.2, 0.25) is 0 Å². The highest BCUT2D eigenvalue weighted by Crippen LogP contribution is 2.26. The molecule has 0 bridgehead atoms. The first-order valence-electron chi connectivity index (χ1n) is 9.36. The molecule has 1 aromatic heterocycles. The van der Waals surface area contributed by atoms with Crippen LogP contribution < -0.4 is 10.2 Å². The molecular formula is C22H22N2O4. The van der Waals surface area contributed by atoms with Gasteiger partial charge in [-0.1, -0.05) is 18.2 Å². The van der Waals surface area contributed by atoms with E-state index in [1.807, 2.05) is 48.5 Å². The zero-order chi connectivity index (χ0) is 19.3. The summed E-state index contributed by atoms with van der Waals surface area (Å²) in [6.45, 7) is 0.653. The maximum Gasteiger partial charge on any atom is 0.275 e. The standard InChI is InChI=1S/C22H22N2O4/c1-26-16-11-9-15(10-12-16)20-14-18(17-6-2-3-7-19(17)23-20)22(25)24-28-21-8-4-5-13-27-21/h2-3,6-7,9-12,14,21H,4-5,8,13H2,1H3,(H,24,25). The summed E-state index contributed by atoms with van der Waals surface area (Å²) in [7, 11) is 1.63. The average molecular weight is 378 g/mol. The molecule has 0 spiro atoms. The number of hydrogen-bond donors (Lipinski definition) is 1. The molecule has 1 unspecified atom stereocenters. The smallest absolute Gasteiger partial charge is 0.275 e. The van der Waals surface area contributed by atoms with Crippen molar-refractivity contribution in [2.45, 2.75) is 25.6 Å². The molecule has 144 valence electrons. The molecule has 4 rings (SSSR count). The number of rotatable bonds is 5. The second-order valence-corrected chi connectivity index (χ2v) is 6.65. The Bertz CT molecular complexity index is 966. The number of fused-ring (bicyclic) bond motifs is 1. The summed E-state index contributed by atoms with van der Waals surface area (Å²) in [6, 6.07) is 16.9. The van der Waals surface area contributed by atoms with E-state index >= 15 is 0 Å². The van der Waals surface area contributed by atoms with Crippen molar-refractivity contribution in [2.24, 2.45) is 0 Å². The molecule has 1 fully saturated rings. The van der Waals surface area contributed by atoms with Crippen molar-refractivity contribution in [1.82, 2.24) is 10.5 Å². The molecule has 1 amide bonds. The number of methoxy groups -OCH3 is 1. The minimum atomic E-state index is -0.396. The van der Waals surface area contributed by atoms with E-state index < -0.39 is 6.29 Å². The third-order valence-electron chi connectivity index (χ3n) is 4.77. The summed E-state index contributed by atoms with van der Waals surface area (Å²) in [5.74, 6) is 0.450. The van der Waals surface area contributed by atoms with Gasteiger partial charge in [-0.05, 0) is 49.2 Å². The summed E-state index contributed by atoms with van der Waals surface area (Å²) < 4.78 is 10.7. The SMILES string of the molecule is COc1ccc(-c2cc(C(=O)NOC3CCCCO3)c3ccccc3n2)cc1. The van der Waals surface area contributed by atoms with Gasteiger partial charge in [0.15, 0.2) is 6.29 Å². The van der Waals surface area contributed by atoms with Gasteiger partial charge in [-0.15, -0.1) is 0 Å². The molecule has 1 aliphatic rings. The molecule has 1 atom stereocenters. The number of aromatic nitrogens is 1. The summed E-state index contributed by atoms with van der Waals surface area (Å²) >= 11 is 0. The Labute approximate surface area is 163 Å². The molecule has 1 saturated heterocycles. The highest BCUT2D eigenvalue weighted by Gasteiger charge is 2.18. The summed E-state index contributed by atoms with van der Waals surface area (Å²) in [5, 5.41) is 0.769. The molecule has 1 aliphatic heterocycles. The molecule has 2 aromatic carbocycles. The van der Waals surface area contributed by atoms with Crippen molar-refractivity contribution in [3.8, 4) is 17.0 Å². The number of benzene rings is 2. The van der Waals surface area contributed by atoms with Gasteiger partial charge < -0.3 is 9.47 Å². The van der Waals surface area contributed by atoms with Gasteiger partial charge in [-0.3, -0.25) is 4.79 Å². The van der Waals surface area contributed by atoms with Crippen LogP contribution in [0.3, 0.4) is 0 Å². The lowest BCUT2D eigenvalue weighted by Crippen LogP contribution is -2.33. The quantitative estimate of drug-likeness (QED) is 0.677. The van der Waals surface area contributed by atoms with Gasteiger partial charge in [0.1, 0.15) is 5.75 Å². The van der Waals surface area contributed by atoms with Crippen LogP contribution in [0.2, 0.25) is 0 Å². The van der Waals surface area contributed by atoms with E-state index in [2.05, 4.69) is 5.48 Å². The van der Waals surface area contributed by atoms with Gasteiger partial charge in [-0.25, -0.2) is 15.3 Å². The van der Waals surface area contributed by atoms with Crippen LogP contribution in [0.25, 0.3) is 22.2 Å². The molecule has 2 heterocycles. The lowest BCUT2D eigenvalue weighted by molar-refractivity contribution is -0.186. The van der Waals surface area contributed by atoms with Gasteiger partial charge in [-0.2, -0.15) is 0 Å². The van der Waals surface area contributed by atoms with Crippen molar-refractivity contribution < 1.29 is 19.1 Å². The predicted octanol–water partition coefficient (Wildman–Crippen LogP) is 4.10. The van der Waals surface area contributed by atoms with Crippen LogP contribution >= 0.6 is 0 Å². The number of hydrogen-bond acceptors (Lipinski definition) is 5. The fraction of sp³-hybridized carbons (Fsp3) is 0.273. The van der Waals surface area contributed by atoms with E-state index in [0.29, 0.717) is 17.9 Å². The molecule has 6 heteroatoms. The zero-order valence-electron chi connectivity index (χ0n) is 15.7. The molecular weight excluding hydrogens is 356 g/mol. The molecule has 6 nitrogen and oxygen atoms in total. The van der Waals surface area contributed by atoms with Crippen molar-refractivity contribution in [3.05, 3.63) is 60.2 Å². The molecule has 0 aliphatic carbocycles. The van der Waals surface area contributed by atoms with Crippen LogP contribution in [0, 0.1) is 0 Å². The zero-order valence-corrected chi connectivity index (χ0v) is 15.7. The van der Waals surface area contributed by atoms with Crippen LogP contribution in [0.15, 0.2) is 54.6 Å². The normalized spacial score (nSPS) is 16.7. The number of para-hydroxylation sites is 1. The van der Waals surface area contributed by atoms with Crippen LogP contribution in [-0.2, 0) is 9.57 Å². The number of nitrogens with zero attached hydrogens (tertiary/aromatic N) is 1. The number of nitrogens with one attached hydrogen (secondary N) is 1.